The average Bonchev–Trinajstić information content (AvgIpc) is 2.89. The molecule has 14 heteroatoms. The predicted molar refractivity (Wildman–Crippen MR) is 144 cm³/mol. The van der Waals surface area contributed by atoms with E-state index < -0.39 is 36.5 Å². The number of aromatic nitrogens is 2. The number of carbonyl (C=O) groups is 1. The van der Waals surface area contributed by atoms with Crippen molar-refractivity contribution in [2.75, 3.05) is 6.61 Å². The molecule has 2 N–H and O–H groups in total. The van der Waals surface area contributed by atoms with E-state index in [4.69, 9.17) is 30.9 Å². The molecule has 2 heterocycles. The summed E-state index contributed by atoms with van der Waals surface area (Å²) in [6.45, 7) is 3.45. The number of ether oxygens (including phenoxy) is 2. The minimum absolute atomic E-state index is 0.0243. The summed E-state index contributed by atoms with van der Waals surface area (Å²) in [6.07, 6.45) is 2.33. The molecular weight excluding hydrogens is 585 g/mol. The Balaban J connectivity index is 1.64. The molecule has 0 amide bonds. The van der Waals surface area contributed by atoms with Gasteiger partial charge in [0.25, 0.3) is 5.56 Å². The Bertz CT molecular complexity index is 1740. The van der Waals surface area contributed by atoms with Crippen molar-refractivity contribution in [3.63, 3.8) is 0 Å². The van der Waals surface area contributed by atoms with E-state index in [-0.39, 0.29) is 52.1 Å². The first-order chi connectivity index (χ1) is 19.4. The first-order valence-corrected chi connectivity index (χ1v) is 13.8. The fourth-order valence-electron chi connectivity index (χ4n) is 3.83. The lowest BCUT2D eigenvalue weighted by Gasteiger charge is -2.14. The highest BCUT2D eigenvalue weighted by atomic mass is 35.5. The van der Waals surface area contributed by atoms with Crippen LogP contribution in [-0.2, 0) is 11.0 Å². The number of pyridine rings is 2. The molecule has 4 aromatic rings. The molecule has 0 saturated carbocycles. The molecule has 0 spiro atoms. The summed E-state index contributed by atoms with van der Waals surface area (Å²) < 4.78 is 56.6. The minimum Gasteiger partial charge on any atom is -0.493 e. The van der Waals surface area contributed by atoms with Crippen LogP contribution in [0.1, 0.15) is 28.5 Å². The molecule has 0 saturated heterocycles. The van der Waals surface area contributed by atoms with Crippen LogP contribution in [0.3, 0.4) is 0 Å². The van der Waals surface area contributed by atoms with Crippen molar-refractivity contribution in [1.29, 1.82) is 0 Å². The number of aryl methyl sites for hydroxylation is 1. The number of rotatable bonds is 10. The van der Waals surface area contributed by atoms with Crippen molar-refractivity contribution in [2.24, 2.45) is 0 Å². The first kappa shape index (κ1) is 29.9. The van der Waals surface area contributed by atoms with Crippen LogP contribution in [0.4, 0.5) is 8.78 Å². The largest absolute Gasteiger partial charge is 0.524 e. The lowest BCUT2D eigenvalue weighted by Crippen LogP contribution is -2.27. The van der Waals surface area contributed by atoms with Gasteiger partial charge in [-0.3, -0.25) is 28.9 Å². The first-order valence-electron chi connectivity index (χ1n) is 11.9. The molecule has 0 fully saturated rings. The van der Waals surface area contributed by atoms with Crippen molar-refractivity contribution < 1.29 is 41.9 Å². The second kappa shape index (κ2) is 12.2. The zero-order chi connectivity index (χ0) is 29.9. The van der Waals surface area contributed by atoms with Gasteiger partial charge in [0.15, 0.2) is 28.9 Å². The van der Waals surface area contributed by atoms with E-state index in [1.807, 2.05) is 0 Å². The summed E-state index contributed by atoms with van der Waals surface area (Å²) in [5, 5.41) is 0.221. The van der Waals surface area contributed by atoms with E-state index >= 15 is 0 Å². The molecule has 2 aromatic heterocycles. The van der Waals surface area contributed by atoms with E-state index in [9.17, 15) is 22.9 Å². The number of phosphoric ester groups is 1. The number of hydrogen-bond donors (Lipinski definition) is 2. The highest BCUT2D eigenvalue weighted by Gasteiger charge is 2.23. The maximum Gasteiger partial charge on any atom is 0.524 e. The van der Waals surface area contributed by atoms with Crippen LogP contribution >= 0.6 is 19.4 Å². The van der Waals surface area contributed by atoms with Crippen LogP contribution in [0.15, 0.2) is 65.7 Å². The lowest BCUT2D eigenvalue weighted by atomic mass is 10.0. The lowest BCUT2D eigenvalue weighted by molar-refractivity contribution is 0.0987. The van der Waals surface area contributed by atoms with Gasteiger partial charge in [0, 0.05) is 30.9 Å². The highest BCUT2D eigenvalue weighted by Crippen LogP contribution is 2.39. The van der Waals surface area contributed by atoms with Crippen LogP contribution in [0, 0.1) is 18.6 Å². The Kier molecular flexibility index (Phi) is 8.89. The highest BCUT2D eigenvalue weighted by molar-refractivity contribution is 7.46. The number of halogens is 3. The van der Waals surface area contributed by atoms with E-state index in [1.165, 1.54) is 42.7 Å². The van der Waals surface area contributed by atoms with Gasteiger partial charge in [-0.1, -0.05) is 17.7 Å². The van der Waals surface area contributed by atoms with Crippen molar-refractivity contribution in [2.45, 2.75) is 20.3 Å². The smallest absolute Gasteiger partial charge is 0.493 e. The Hall–Kier alpha value is -4.09. The Morgan fingerprint density at radius 3 is 2.39 bits per heavy atom. The van der Waals surface area contributed by atoms with Gasteiger partial charge >= 0.3 is 7.82 Å². The van der Waals surface area contributed by atoms with E-state index in [0.29, 0.717) is 5.69 Å². The van der Waals surface area contributed by atoms with Crippen molar-refractivity contribution in [1.82, 2.24) is 9.55 Å². The fraction of sp³-hybridized carbons (Fsp3) is 0.148. The summed E-state index contributed by atoms with van der Waals surface area (Å²) >= 11 is 6.16. The topological polar surface area (TPSA) is 137 Å². The summed E-state index contributed by atoms with van der Waals surface area (Å²) in [6, 6.07) is 9.60. The Labute approximate surface area is 237 Å². The third kappa shape index (κ3) is 6.98. The number of ketones is 1. The number of nitrogens with zero attached hydrogens (tertiary/aromatic N) is 2. The second-order valence-electron chi connectivity index (χ2n) is 8.54. The second-order valence-corrected chi connectivity index (χ2v) is 10.1. The van der Waals surface area contributed by atoms with Gasteiger partial charge < -0.3 is 14.0 Å². The van der Waals surface area contributed by atoms with Crippen LogP contribution in [0.25, 0.3) is 5.69 Å². The molecular formula is C27H22ClF2N2O8P. The van der Waals surface area contributed by atoms with Gasteiger partial charge in [0.05, 0.1) is 18.0 Å². The molecule has 214 valence electrons. The van der Waals surface area contributed by atoms with Crippen LogP contribution in [0.5, 0.6) is 23.0 Å². The number of carbonyl (C=O) groups excluding carboxylic acids is 1. The predicted octanol–water partition coefficient (Wildman–Crippen LogP) is 5.56. The van der Waals surface area contributed by atoms with Crippen LogP contribution < -0.4 is 19.6 Å². The summed E-state index contributed by atoms with van der Waals surface area (Å²) in [4.78, 5) is 48.6. The molecule has 0 unspecified atom stereocenters. The number of benzene rings is 2. The normalized spacial score (nSPS) is 11.3. The van der Waals surface area contributed by atoms with E-state index in [2.05, 4.69) is 9.51 Å². The molecule has 0 radical (unpaired) electrons. The number of hydrogen-bond acceptors (Lipinski definition) is 7. The maximum atomic E-state index is 14.9. The van der Waals surface area contributed by atoms with Crippen LogP contribution in [0.2, 0.25) is 5.02 Å². The third-order valence-electron chi connectivity index (χ3n) is 5.65. The molecule has 0 aliphatic rings. The molecule has 4 rings (SSSR count). The van der Waals surface area contributed by atoms with Crippen molar-refractivity contribution in [3.05, 3.63) is 105 Å². The molecule has 0 bridgehead atoms. The van der Waals surface area contributed by atoms with E-state index in [0.717, 1.165) is 22.8 Å². The fourth-order valence-corrected chi connectivity index (χ4v) is 4.38. The maximum absolute atomic E-state index is 14.9. The van der Waals surface area contributed by atoms with Crippen molar-refractivity contribution in [3.8, 4) is 28.7 Å². The zero-order valence-electron chi connectivity index (χ0n) is 21.5. The molecule has 0 aliphatic heterocycles. The van der Waals surface area contributed by atoms with E-state index in [1.54, 1.807) is 13.8 Å². The molecule has 41 heavy (non-hydrogen) atoms. The third-order valence-corrected chi connectivity index (χ3v) is 6.55. The molecule has 0 aliphatic carbocycles. The van der Waals surface area contributed by atoms with Crippen molar-refractivity contribution >= 4 is 25.2 Å². The molecule has 2 aromatic carbocycles. The van der Waals surface area contributed by atoms with Gasteiger partial charge in [-0.15, -0.1) is 0 Å². The number of phosphoric acid groups is 1. The quantitative estimate of drug-likeness (QED) is 0.175. The minimum atomic E-state index is -5.02. The SMILES string of the molecule is CCOc1ccn(-c2ccc(OP(=O)(O)O)c(F)c2)c(=O)c1C(=O)Cc1ccc(Oc2ccnc(C)c2Cl)c(F)c1. The van der Waals surface area contributed by atoms with Gasteiger partial charge in [0.1, 0.15) is 22.1 Å². The summed E-state index contributed by atoms with van der Waals surface area (Å²) in [5.41, 5.74) is -0.532. The Morgan fingerprint density at radius 1 is 1.02 bits per heavy atom. The van der Waals surface area contributed by atoms with Gasteiger partial charge in [-0.25, -0.2) is 13.3 Å². The standard InChI is InChI=1S/C27H22ClF2N2O8P/c1-3-38-23-9-11-32(17-5-7-22(19(30)14-17)40-41(35,36)37)27(34)25(23)20(33)13-16-4-6-21(18(29)12-16)39-24-8-10-31-15(2)26(24)28/h4-12,14H,3,13H2,1-2H3,(H2,35,36,37). The van der Waals surface area contributed by atoms with Gasteiger partial charge in [0.2, 0.25) is 0 Å². The van der Waals surface area contributed by atoms with Crippen LogP contribution in [-0.4, -0.2) is 31.7 Å². The number of Topliss-reactive ketones (excluding diaryl/α,β-unsaturated/α-hetero) is 1. The Morgan fingerprint density at radius 2 is 1.73 bits per heavy atom. The van der Waals surface area contributed by atoms with Gasteiger partial charge in [-0.2, -0.15) is 0 Å². The molecule has 0 atom stereocenters. The molecule has 10 nitrogen and oxygen atoms in total. The average molecular weight is 607 g/mol. The zero-order valence-corrected chi connectivity index (χ0v) is 23.2. The summed E-state index contributed by atoms with van der Waals surface area (Å²) in [7, 11) is -5.02. The summed E-state index contributed by atoms with van der Waals surface area (Å²) in [5.74, 6) is -3.32. The van der Waals surface area contributed by atoms with Gasteiger partial charge in [-0.05, 0) is 49.7 Å². The monoisotopic (exact) mass is 606 g/mol.